The van der Waals surface area contributed by atoms with Crippen LogP contribution in [0.15, 0.2) is 71.9 Å². The van der Waals surface area contributed by atoms with E-state index in [-0.39, 0.29) is 19.0 Å². The Hall–Kier alpha value is -3.85. The lowest BCUT2D eigenvalue weighted by Gasteiger charge is -2.13. The van der Waals surface area contributed by atoms with Crippen molar-refractivity contribution in [3.63, 3.8) is 0 Å². The van der Waals surface area contributed by atoms with Crippen molar-refractivity contribution in [3.05, 3.63) is 94.8 Å². The van der Waals surface area contributed by atoms with Gasteiger partial charge in [0.05, 0.1) is 24.5 Å². The monoisotopic (exact) mass is 404 g/mol. The van der Waals surface area contributed by atoms with E-state index in [2.05, 4.69) is 11.2 Å². The van der Waals surface area contributed by atoms with Gasteiger partial charge in [0.25, 0.3) is 0 Å². The summed E-state index contributed by atoms with van der Waals surface area (Å²) in [5, 5.41) is 13.1. The molecule has 0 radical (unpaired) electrons. The molecule has 0 saturated carbocycles. The van der Waals surface area contributed by atoms with Crippen molar-refractivity contribution in [2.24, 2.45) is 5.16 Å². The van der Waals surface area contributed by atoms with Crippen LogP contribution in [0.4, 0.5) is 4.39 Å². The first-order valence-electron chi connectivity index (χ1n) is 9.47. The van der Waals surface area contributed by atoms with Crippen LogP contribution in [-0.4, -0.2) is 12.8 Å². The van der Waals surface area contributed by atoms with Gasteiger partial charge >= 0.3 is 0 Å². The molecular formula is C24H21FN2O3. The molecule has 152 valence electrons. The quantitative estimate of drug-likeness (QED) is 0.362. The molecule has 3 aromatic carbocycles. The van der Waals surface area contributed by atoms with Crippen LogP contribution in [0.3, 0.4) is 0 Å². The Morgan fingerprint density at radius 2 is 1.70 bits per heavy atom. The minimum atomic E-state index is -0.311. The maximum Gasteiger partial charge on any atom is 0.161 e. The smallest absolute Gasteiger partial charge is 0.161 e. The molecule has 0 aromatic heterocycles. The Balaban J connectivity index is 1.64. The van der Waals surface area contributed by atoms with E-state index in [1.807, 2.05) is 19.1 Å². The SMILES string of the molecule is CCOc1cc(/C=N\OCc2ccccc2C#N)ccc1OCc1ccccc1F. The van der Waals surface area contributed by atoms with Gasteiger partial charge in [-0.2, -0.15) is 5.26 Å². The summed E-state index contributed by atoms with van der Waals surface area (Å²) in [6.07, 6.45) is 1.55. The third-order valence-electron chi connectivity index (χ3n) is 4.24. The van der Waals surface area contributed by atoms with Crippen LogP contribution in [0.2, 0.25) is 0 Å². The van der Waals surface area contributed by atoms with Crippen LogP contribution in [0, 0.1) is 17.1 Å². The van der Waals surface area contributed by atoms with Gasteiger partial charge in [-0.15, -0.1) is 0 Å². The third kappa shape index (κ3) is 5.58. The summed E-state index contributed by atoms with van der Waals surface area (Å²) >= 11 is 0. The van der Waals surface area contributed by atoms with Crippen molar-refractivity contribution in [1.29, 1.82) is 5.26 Å². The second-order valence-corrected chi connectivity index (χ2v) is 6.30. The molecule has 5 nitrogen and oxygen atoms in total. The maximum atomic E-state index is 13.8. The Kier molecular flexibility index (Phi) is 7.39. The van der Waals surface area contributed by atoms with E-state index in [0.29, 0.717) is 29.2 Å². The molecule has 3 aromatic rings. The number of hydrogen-bond donors (Lipinski definition) is 0. The van der Waals surface area contributed by atoms with Gasteiger partial charge in [0.15, 0.2) is 11.5 Å². The zero-order chi connectivity index (χ0) is 21.2. The molecule has 0 aliphatic heterocycles. The summed E-state index contributed by atoms with van der Waals surface area (Å²) in [5.41, 5.74) is 2.55. The van der Waals surface area contributed by atoms with Crippen molar-refractivity contribution >= 4 is 6.21 Å². The highest BCUT2D eigenvalue weighted by Gasteiger charge is 2.08. The summed E-state index contributed by atoms with van der Waals surface area (Å²) in [6, 6.07) is 21.1. The van der Waals surface area contributed by atoms with Crippen LogP contribution in [0.1, 0.15) is 29.2 Å². The Bertz CT molecular complexity index is 1060. The summed E-state index contributed by atoms with van der Waals surface area (Å²) < 4.78 is 25.2. The fraction of sp³-hybridized carbons (Fsp3) is 0.167. The summed E-state index contributed by atoms with van der Waals surface area (Å²) in [7, 11) is 0. The van der Waals surface area contributed by atoms with E-state index in [1.165, 1.54) is 6.07 Å². The first kappa shape index (κ1) is 20.9. The van der Waals surface area contributed by atoms with Gasteiger partial charge < -0.3 is 14.3 Å². The zero-order valence-electron chi connectivity index (χ0n) is 16.5. The zero-order valence-corrected chi connectivity index (χ0v) is 16.5. The van der Waals surface area contributed by atoms with Crippen molar-refractivity contribution in [1.82, 2.24) is 0 Å². The molecule has 0 aliphatic rings. The predicted molar refractivity (Wildman–Crippen MR) is 112 cm³/mol. The molecule has 0 saturated heterocycles. The third-order valence-corrected chi connectivity index (χ3v) is 4.24. The van der Waals surface area contributed by atoms with Crippen molar-refractivity contribution in [2.45, 2.75) is 20.1 Å². The number of oxime groups is 1. The second kappa shape index (κ2) is 10.6. The van der Waals surface area contributed by atoms with Crippen LogP contribution in [0.5, 0.6) is 11.5 Å². The van der Waals surface area contributed by atoms with E-state index in [0.717, 1.165) is 11.1 Å². The number of benzene rings is 3. The van der Waals surface area contributed by atoms with Crippen molar-refractivity contribution in [3.8, 4) is 17.6 Å². The van der Waals surface area contributed by atoms with Crippen molar-refractivity contribution < 1.29 is 18.7 Å². The predicted octanol–water partition coefficient (Wildman–Crippen LogP) is 5.23. The highest BCUT2D eigenvalue weighted by atomic mass is 19.1. The molecule has 0 heterocycles. The molecule has 0 unspecified atom stereocenters. The molecule has 0 aliphatic carbocycles. The lowest BCUT2D eigenvalue weighted by atomic mass is 10.1. The van der Waals surface area contributed by atoms with Gasteiger partial charge in [-0.3, -0.25) is 0 Å². The highest BCUT2D eigenvalue weighted by Crippen LogP contribution is 2.29. The first-order valence-corrected chi connectivity index (χ1v) is 9.47. The second-order valence-electron chi connectivity index (χ2n) is 6.30. The highest BCUT2D eigenvalue weighted by molar-refractivity contribution is 5.80. The molecular weight excluding hydrogens is 383 g/mol. The lowest BCUT2D eigenvalue weighted by Crippen LogP contribution is -2.02. The minimum Gasteiger partial charge on any atom is -0.490 e. The summed E-state index contributed by atoms with van der Waals surface area (Å²) in [6.45, 7) is 2.62. The molecule has 6 heteroatoms. The Morgan fingerprint density at radius 3 is 2.47 bits per heavy atom. The van der Waals surface area contributed by atoms with Gasteiger partial charge in [0, 0.05) is 16.7 Å². The molecule has 0 spiro atoms. The van der Waals surface area contributed by atoms with Crippen LogP contribution in [0.25, 0.3) is 0 Å². The number of nitrogens with zero attached hydrogens (tertiary/aromatic N) is 2. The molecule has 0 amide bonds. The van der Waals surface area contributed by atoms with E-state index >= 15 is 0 Å². The van der Waals surface area contributed by atoms with Crippen molar-refractivity contribution in [2.75, 3.05) is 6.61 Å². The number of hydrogen-bond acceptors (Lipinski definition) is 5. The van der Waals surface area contributed by atoms with E-state index in [1.54, 1.807) is 54.7 Å². The van der Waals surface area contributed by atoms with Crippen LogP contribution in [-0.2, 0) is 18.1 Å². The average molecular weight is 404 g/mol. The standard InChI is InChI=1S/C24H21FN2O3/c1-2-28-24-13-18(15-27-30-17-20-8-4-3-7-19(20)14-26)11-12-23(24)29-16-21-9-5-6-10-22(21)25/h3-13,15H,2,16-17H2,1H3/b27-15-. The Labute approximate surface area is 174 Å². The van der Waals surface area contributed by atoms with E-state index in [4.69, 9.17) is 19.6 Å². The molecule has 3 rings (SSSR count). The lowest BCUT2D eigenvalue weighted by molar-refractivity contribution is 0.132. The molecule has 0 atom stereocenters. The molecule has 0 N–H and O–H groups in total. The molecule has 0 fully saturated rings. The van der Waals surface area contributed by atoms with Gasteiger partial charge in [0.2, 0.25) is 0 Å². The van der Waals surface area contributed by atoms with Crippen LogP contribution < -0.4 is 9.47 Å². The number of ether oxygens (including phenoxy) is 2. The van der Waals surface area contributed by atoms with Gasteiger partial charge in [-0.25, -0.2) is 4.39 Å². The fourth-order valence-corrected chi connectivity index (χ4v) is 2.72. The Morgan fingerprint density at radius 1 is 0.933 bits per heavy atom. The molecule has 30 heavy (non-hydrogen) atoms. The minimum absolute atomic E-state index is 0.0988. The molecule has 0 bridgehead atoms. The number of rotatable bonds is 9. The average Bonchev–Trinajstić information content (AvgIpc) is 2.77. The van der Waals surface area contributed by atoms with Gasteiger partial charge in [-0.05, 0) is 37.3 Å². The first-order chi connectivity index (χ1) is 14.7. The summed E-state index contributed by atoms with van der Waals surface area (Å²) in [4.78, 5) is 5.32. The van der Waals surface area contributed by atoms with E-state index in [9.17, 15) is 4.39 Å². The van der Waals surface area contributed by atoms with Gasteiger partial charge in [-0.1, -0.05) is 41.6 Å². The maximum absolute atomic E-state index is 13.8. The number of halogens is 1. The fourth-order valence-electron chi connectivity index (χ4n) is 2.72. The summed E-state index contributed by atoms with van der Waals surface area (Å²) in [5.74, 6) is 0.739. The number of nitriles is 1. The largest absolute Gasteiger partial charge is 0.490 e. The topological polar surface area (TPSA) is 63.8 Å². The van der Waals surface area contributed by atoms with Gasteiger partial charge in [0.1, 0.15) is 19.0 Å². The van der Waals surface area contributed by atoms with Crippen LogP contribution >= 0.6 is 0 Å². The normalized spacial score (nSPS) is 10.6. The van der Waals surface area contributed by atoms with E-state index < -0.39 is 0 Å².